The quantitative estimate of drug-likeness (QED) is 0.430. The Bertz CT molecular complexity index is 1040. The van der Waals surface area contributed by atoms with Crippen molar-refractivity contribution in [3.05, 3.63) is 107 Å². The van der Waals surface area contributed by atoms with Gasteiger partial charge in [-0.25, -0.2) is 8.42 Å². The molecule has 4 nitrogen and oxygen atoms in total. The molecule has 0 aromatic heterocycles. The number of benzene rings is 3. The Hall–Kier alpha value is -2.06. The van der Waals surface area contributed by atoms with Crippen LogP contribution in [0.5, 0.6) is 0 Å². The molecule has 0 saturated carbocycles. The van der Waals surface area contributed by atoms with E-state index >= 15 is 0 Å². The third-order valence-electron chi connectivity index (χ3n) is 4.71. The summed E-state index contributed by atoms with van der Waals surface area (Å²) in [4.78, 5) is 0. The molecule has 32 heavy (non-hydrogen) atoms. The van der Waals surface area contributed by atoms with Crippen molar-refractivity contribution in [2.75, 3.05) is 0 Å². The standard InChI is InChI=1S/C15H15F3N2O2S.C8H10.Ru/c16-15(17,18)23(21,22)20-14(12-9-5-2-6-10-12)13(19)11-7-3-1-4-8-11;1-7-5-3-4-6-8(7)2;/h1-10,13-14,20H,19H2;3-6H,1-2H3;/t13-,14-;;/m1../s1. The van der Waals surface area contributed by atoms with Crippen molar-refractivity contribution in [1.82, 2.24) is 4.72 Å². The summed E-state index contributed by atoms with van der Waals surface area (Å²) in [6.45, 7) is 4.24. The topological polar surface area (TPSA) is 72.2 Å². The van der Waals surface area contributed by atoms with Gasteiger partial charge in [0, 0.05) is 19.5 Å². The second-order valence-electron chi connectivity index (χ2n) is 6.98. The van der Waals surface area contributed by atoms with Crippen molar-refractivity contribution < 1.29 is 41.1 Å². The minimum atomic E-state index is -5.53. The van der Waals surface area contributed by atoms with Gasteiger partial charge in [0.05, 0.1) is 12.1 Å². The second kappa shape index (κ2) is 12.3. The van der Waals surface area contributed by atoms with Crippen LogP contribution in [-0.4, -0.2) is 13.9 Å². The minimum absolute atomic E-state index is 0. The van der Waals surface area contributed by atoms with Crippen molar-refractivity contribution >= 4 is 10.0 Å². The molecule has 0 heterocycles. The zero-order valence-corrected chi connectivity index (χ0v) is 20.1. The van der Waals surface area contributed by atoms with Crippen molar-refractivity contribution in [2.45, 2.75) is 31.4 Å². The normalized spacial score (nSPS) is 13.2. The third kappa shape index (κ3) is 7.82. The van der Waals surface area contributed by atoms with E-state index in [4.69, 9.17) is 5.73 Å². The first kappa shape index (κ1) is 28.0. The summed E-state index contributed by atoms with van der Waals surface area (Å²) in [5.74, 6) is 0. The average Bonchev–Trinajstić information content (AvgIpc) is 2.74. The molecule has 3 aromatic carbocycles. The summed E-state index contributed by atoms with van der Waals surface area (Å²) in [7, 11) is -5.53. The molecule has 0 aliphatic carbocycles. The van der Waals surface area contributed by atoms with Gasteiger partial charge in [0.15, 0.2) is 0 Å². The summed E-state index contributed by atoms with van der Waals surface area (Å²) in [6, 6.07) is 22.4. The summed E-state index contributed by atoms with van der Waals surface area (Å²) in [5, 5.41) is 0. The van der Waals surface area contributed by atoms with Crippen LogP contribution in [0.4, 0.5) is 13.2 Å². The van der Waals surface area contributed by atoms with E-state index in [1.54, 1.807) is 53.3 Å². The van der Waals surface area contributed by atoms with E-state index in [9.17, 15) is 21.6 Å². The smallest absolute Gasteiger partial charge is 0.322 e. The Balaban J connectivity index is 0.000000480. The fourth-order valence-corrected chi connectivity index (χ4v) is 3.52. The molecule has 3 rings (SSSR count). The van der Waals surface area contributed by atoms with E-state index in [1.807, 2.05) is 0 Å². The van der Waals surface area contributed by atoms with Crippen LogP contribution in [0.25, 0.3) is 0 Å². The van der Waals surface area contributed by atoms with Gasteiger partial charge >= 0.3 is 15.5 Å². The van der Waals surface area contributed by atoms with Crippen molar-refractivity contribution in [3.8, 4) is 0 Å². The van der Waals surface area contributed by atoms with E-state index < -0.39 is 27.6 Å². The van der Waals surface area contributed by atoms with Crippen molar-refractivity contribution in [3.63, 3.8) is 0 Å². The maximum atomic E-state index is 12.7. The molecule has 3 aromatic rings. The van der Waals surface area contributed by atoms with E-state index in [-0.39, 0.29) is 19.5 Å². The molecular weight excluding hydrogens is 526 g/mol. The predicted molar refractivity (Wildman–Crippen MR) is 117 cm³/mol. The molecule has 174 valence electrons. The fraction of sp³-hybridized carbons (Fsp3) is 0.217. The number of halogens is 3. The zero-order valence-electron chi connectivity index (χ0n) is 17.5. The largest absolute Gasteiger partial charge is 0.511 e. The van der Waals surface area contributed by atoms with Crippen LogP contribution < -0.4 is 10.5 Å². The molecule has 3 N–H and O–H groups in total. The van der Waals surface area contributed by atoms with Crippen LogP contribution in [0.15, 0.2) is 84.9 Å². The fourth-order valence-electron chi connectivity index (χ4n) is 2.77. The summed E-state index contributed by atoms with van der Waals surface area (Å²) in [6.07, 6.45) is 0. The number of hydrogen-bond donors (Lipinski definition) is 2. The Morgan fingerprint density at radius 2 is 1.12 bits per heavy atom. The number of hydrogen-bond acceptors (Lipinski definition) is 3. The number of sulfonamides is 1. The summed E-state index contributed by atoms with van der Waals surface area (Å²) < 4.78 is 62.7. The molecule has 0 unspecified atom stereocenters. The summed E-state index contributed by atoms with van der Waals surface area (Å²) >= 11 is 0. The number of aryl methyl sites for hydroxylation is 2. The predicted octanol–water partition coefficient (Wildman–Crippen LogP) is 5.17. The SMILES string of the molecule is Cc1ccccc1C.N[C@H](c1ccccc1)[C@H](NS(=O)(=O)C(F)(F)F)c1ccccc1.[Ru]. The molecule has 0 fully saturated rings. The van der Waals surface area contributed by atoms with Crippen LogP contribution in [-0.2, 0) is 29.5 Å². The third-order valence-corrected chi connectivity index (χ3v) is 5.89. The van der Waals surface area contributed by atoms with E-state index in [0.29, 0.717) is 11.1 Å². The van der Waals surface area contributed by atoms with E-state index in [0.717, 1.165) is 0 Å². The van der Waals surface area contributed by atoms with Gasteiger partial charge in [-0.2, -0.15) is 17.9 Å². The monoisotopic (exact) mass is 552 g/mol. The molecular formula is C23H25F3N2O2RuS. The molecule has 0 aliphatic rings. The maximum Gasteiger partial charge on any atom is 0.511 e. The maximum absolute atomic E-state index is 12.7. The Labute approximate surface area is 199 Å². The average molecular weight is 552 g/mol. The Kier molecular flexibility index (Phi) is 10.7. The first-order valence-electron chi connectivity index (χ1n) is 9.49. The molecule has 0 saturated heterocycles. The molecule has 9 heteroatoms. The molecule has 0 amide bonds. The van der Waals surface area contributed by atoms with Crippen molar-refractivity contribution in [2.24, 2.45) is 5.73 Å². The zero-order chi connectivity index (χ0) is 23.1. The van der Waals surface area contributed by atoms with Crippen molar-refractivity contribution in [1.29, 1.82) is 0 Å². The Morgan fingerprint density at radius 3 is 1.50 bits per heavy atom. The van der Waals surface area contributed by atoms with Gasteiger partial charge in [-0.15, -0.1) is 0 Å². The molecule has 0 radical (unpaired) electrons. The second-order valence-corrected chi connectivity index (χ2v) is 8.68. The van der Waals surface area contributed by atoms with Gasteiger partial charge in [0.25, 0.3) is 0 Å². The number of nitrogens with two attached hydrogens (primary N) is 1. The number of nitrogens with one attached hydrogen (secondary N) is 1. The first-order valence-corrected chi connectivity index (χ1v) is 11.0. The van der Waals surface area contributed by atoms with Crippen LogP contribution in [0.1, 0.15) is 34.3 Å². The number of alkyl halides is 3. The van der Waals surface area contributed by atoms with Gasteiger partial charge in [0.2, 0.25) is 0 Å². The summed E-state index contributed by atoms with van der Waals surface area (Å²) in [5.41, 5.74) is 4.22. The van der Waals surface area contributed by atoms with Crippen LogP contribution in [0.3, 0.4) is 0 Å². The van der Waals surface area contributed by atoms with E-state index in [2.05, 4.69) is 38.1 Å². The number of rotatable bonds is 5. The Morgan fingerprint density at radius 1 is 0.750 bits per heavy atom. The van der Waals surface area contributed by atoms with Crippen LogP contribution >= 0.6 is 0 Å². The molecule has 0 bridgehead atoms. The first-order chi connectivity index (χ1) is 14.5. The van der Waals surface area contributed by atoms with Gasteiger partial charge in [-0.3, -0.25) is 0 Å². The molecule has 0 aliphatic heterocycles. The molecule has 2 atom stereocenters. The van der Waals surface area contributed by atoms with Gasteiger partial charge < -0.3 is 5.73 Å². The van der Waals surface area contributed by atoms with Gasteiger partial charge in [-0.05, 0) is 36.1 Å². The van der Waals surface area contributed by atoms with E-state index in [1.165, 1.54) is 23.3 Å². The van der Waals surface area contributed by atoms with Gasteiger partial charge in [-0.1, -0.05) is 84.9 Å². The molecule has 0 spiro atoms. The van der Waals surface area contributed by atoms with Gasteiger partial charge in [0.1, 0.15) is 0 Å². The van der Waals surface area contributed by atoms with Crippen LogP contribution in [0, 0.1) is 13.8 Å². The van der Waals surface area contributed by atoms with Crippen LogP contribution in [0.2, 0.25) is 0 Å². The minimum Gasteiger partial charge on any atom is -0.322 e.